The summed E-state index contributed by atoms with van der Waals surface area (Å²) in [7, 11) is 0. The summed E-state index contributed by atoms with van der Waals surface area (Å²) in [5, 5.41) is 4.28. The van der Waals surface area contributed by atoms with Crippen LogP contribution in [0.1, 0.15) is 52.1 Å². The van der Waals surface area contributed by atoms with Crippen LogP contribution in [0.3, 0.4) is 0 Å². The van der Waals surface area contributed by atoms with E-state index in [0.717, 1.165) is 49.6 Å². The summed E-state index contributed by atoms with van der Waals surface area (Å²) in [6, 6.07) is 1.96. The molecule has 2 aromatic rings. The lowest BCUT2D eigenvalue weighted by Gasteiger charge is -2.35. The minimum Gasteiger partial charge on any atom is -0.342 e. The van der Waals surface area contributed by atoms with Crippen molar-refractivity contribution in [1.82, 2.24) is 24.6 Å². The first kappa shape index (κ1) is 17.6. The summed E-state index contributed by atoms with van der Waals surface area (Å²) >= 11 is 0. The third-order valence-electron chi connectivity index (χ3n) is 4.79. The summed E-state index contributed by atoms with van der Waals surface area (Å²) < 4.78 is 1.92. The van der Waals surface area contributed by atoms with Gasteiger partial charge in [0.1, 0.15) is 5.69 Å². The van der Waals surface area contributed by atoms with Crippen molar-refractivity contribution in [1.29, 1.82) is 0 Å². The number of aryl methyl sites for hydroxylation is 1. The van der Waals surface area contributed by atoms with Crippen LogP contribution in [0.5, 0.6) is 0 Å². The van der Waals surface area contributed by atoms with E-state index >= 15 is 0 Å². The van der Waals surface area contributed by atoms with Crippen molar-refractivity contribution in [3.63, 3.8) is 0 Å². The van der Waals surface area contributed by atoms with Gasteiger partial charge in [-0.25, -0.2) is 0 Å². The van der Waals surface area contributed by atoms with Gasteiger partial charge in [-0.15, -0.1) is 0 Å². The number of carbonyl (C=O) groups is 1. The van der Waals surface area contributed by atoms with E-state index in [1.807, 2.05) is 48.8 Å². The first-order chi connectivity index (χ1) is 11.9. The lowest BCUT2D eigenvalue weighted by atomic mass is 9.90. The molecule has 0 aromatic carbocycles. The van der Waals surface area contributed by atoms with Crippen LogP contribution < -0.4 is 0 Å². The maximum atomic E-state index is 12.4. The lowest BCUT2D eigenvalue weighted by molar-refractivity contribution is -0.140. The van der Waals surface area contributed by atoms with Gasteiger partial charge in [0.2, 0.25) is 5.91 Å². The number of rotatable bonds is 3. The Hall–Kier alpha value is -2.24. The summed E-state index contributed by atoms with van der Waals surface area (Å²) in [5.74, 6) is 0.613. The van der Waals surface area contributed by atoms with Gasteiger partial charge in [-0.2, -0.15) is 5.10 Å². The molecule has 6 nitrogen and oxygen atoms in total. The Labute approximate surface area is 149 Å². The predicted molar refractivity (Wildman–Crippen MR) is 96.9 cm³/mol. The number of hydrogen-bond donors (Lipinski definition) is 0. The molecule has 3 heterocycles. The second-order valence-electron chi connectivity index (χ2n) is 7.68. The second-order valence-corrected chi connectivity index (χ2v) is 7.68. The Morgan fingerprint density at radius 3 is 2.48 bits per heavy atom. The van der Waals surface area contributed by atoms with Crippen molar-refractivity contribution in [2.24, 2.45) is 5.41 Å². The maximum absolute atomic E-state index is 12.4. The van der Waals surface area contributed by atoms with Gasteiger partial charge >= 0.3 is 0 Å². The molecule has 6 heteroatoms. The van der Waals surface area contributed by atoms with Crippen LogP contribution in [0.15, 0.2) is 24.7 Å². The number of likely N-dealkylation sites (tertiary alicyclic amines) is 1. The predicted octanol–water partition coefficient (Wildman–Crippen LogP) is 3.11. The van der Waals surface area contributed by atoms with Crippen molar-refractivity contribution < 1.29 is 4.79 Å². The average Bonchev–Trinajstić information content (AvgIpc) is 3.09. The van der Waals surface area contributed by atoms with Gasteiger partial charge in [-0.05, 0) is 25.8 Å². The highest BCUT2D eigenvalue weighted by atomic mass is 16.2. The fourth-order valence-corrected chi connectivity index (χ4v) is 3.34. The Balaban J connectivity index is 1.66. The van der Waals surface area contributed by atoms with E-state index in [1.54, 1.807) is 6.20 Å². The van der Waals surface area contributed by atoms with Gasteiger partial charge in [-0.3, -0.25) is 19.4 Å². The average molecular weight is 341 g/mol. The fourth-order valence-electron chi connectivity index (χ4n) is 3.34. The summed E-state index contributed by atoms with van der Waals surface area (Å²) in [5.41, 5.74) is 2.56. The van der Waals surface area contributed by atoms with E-state index < -0.39 is 0 Å². The molecule has 1 aliphatic heterocycles. The third-order valence-corrected chi connectivity index (χ3v) is 4.79. The molecule has 3 rings (SSSR count). The summed E-state index contributed by atoms with van der Waals surface area (Å²) in [4.78, 5) is 23.6. The van der Waals surface area contributed by atoms with E-state index in [1.165, 1.54) is 0 Å². The SMILES string of the molecule is CCn1nccc1-c1cnc(C2CCN(C(=O)C(C)(C)C)CC2)cn1. The molecule has 0 saturated carbocycles. The van der Waals surface area contributed by atoms with Crippen molar-refractivity contribution in [2.75, 3.05) is 13.1 Å². The number of nitrogens with zero attached hydrogens (tertiary/aromatic N) is 5. The molecule has 0 spiro atoms. The molecule has 25 heavy (non-hydrogen) atoms. The molecule has 1 fully saturated rings. The standard InChI is InChI=1S/C19H27N5O/c1-5-24-17(6-9-22-24)16-13-20-15(12-21-16)14-7-10-23(11-8-14)18(25)19(2,3)4/h6,9,12-14H,5,7-8,10-11H2,1-4H3. The molecular weight excluding hydrogens is 314 g/mol. The minimum absolute atomic E-state index is 0.236. The van der Waals surface area contributed by atoms with E-state index in [4.69, 9.17) is 0 Å². The van der Waals surface area contributed by atoms with Gasteiger partial charge in [0.15, 0.2) is 0 Å². The number of aromatic nitrogens is 4. The molecule has 1 aliphatic rings. The van der Waals surface area contributed by atoms with Crippen molar-refractivity contribution in [2.45, 2.75) is 53.0 Å². The first-order valence-corrected chi connectivity index (χ1v) is 9.03. The Morgan fingerprint density at radius 1 is 1.20 bits per heavy atom. The van der Waals surface area contributed by atoms with E-state index in [9.17, 15) is 4.79 Å². The highest BCUT2D eigenvalue weighted by Crippen LogP contribution is 2.29. The number of hydrogen-bond acceptors (Lipinski definition) is 4. The van der Waals surface area contributed by atoms with Crippen molar-refractivity contribution in [3.8, 4) is 11.4 Å². The van der Waals surface area contributed by atoms with Crippen molar-refractivity contribution >= 4 is 5.91 Å². The highest BCUT2D eigenvalue weighted by Gasteiger charge is 2.31. The Kier molecular flexibility index (Phi) is 4.88. The molecule has 1 amide bonds. The Bertz CT molecular complexity index is 721. The second kappa shape index (κ2) is 6.94. The van der Waals surface area contributed by atoms with Gasteiger partial charge in [0.05, 0.1) is 17.6 Å². The zero-order valence-electron chi connectivity index (χ0n) is 15.6. The molecule has 134 valence electrons. The molecule has 0 unspecified atom stereocenters. The minimum atomic E-state index is -0.309. The highest BCUT2D eigenvalue weighted by molar-refractivity contribution is 5.81. The number of piperidine rings is 1. The topological polar surface area (TPSA) is 63.9 Å². The van der Waals surface area contributed by atoms with Gasteiger partial charge in [0, 0.05) is 43.4 Å². The van der Waals surface area contributed by atoms with Crippen LogP contribution in [0, 0.1) is 5.41 Å². The quantitative estimate of drug-likeness (QED) is 0.860. The van der Waals surface area contributed by atoms with Gasteiger partial charge < -0.3 is 4.90 Å². The maximum Gasteiger partial charge on any atom is 0.227 e. The van der Waals surface area contributed by atoms with E-state index in [-0.39, 0.29) is 11.3 Å². The van der Waals surface area contributed by atoms with Crippen LogP contribution in [0.25, 0.3) is 11.4 Å². The Morgan fingerprint density at radius 2 is 1.92 bits per heavy atom. The van der Waals surface area contributed by atoms with Crippen molar-refractivity contribution in [3.05, 3.63) is 30.4 Å². The van der Waals surface area contributed by atoms with Crippen LogP contribution in [0.4, 0.5) is 0 Å². The smallest absolute Gasteiger partial charge is 0.227 e. The molecule has 0 N–H and O–H groups in total. The summed E-state index contributed by atoms with van der Waals surface area (Å²) in [6.07, 6.45) is 7.40. The number of carbonyl (C=O) groups excluding carboxylic acids is 1. The molecule has 0 aliphatic carbocycles. The zero-order chi connectivity index (χ0) is 18.0. The molecule has 0 bridgehead atoms. The molecular formula is C19H27N5O. The van der Waals surface area contributed by atoms with E-state index in [0.29, 0.717) is 5.92 Å². The zero-order valence-corrected chi connectivity index (χ0v) is 15.6. The van der Waals surface area contributed by atoms with Crippen LogP contribution in [-0.4, -0.2) is 43.6 Å². The van der Waals surface area contributed by atoms with Gasteiger partial charge in [0.25, 0.3) is 0 Å². The lowest BCUT2D eigenvalue weighted by Crippen LogP contribution is -2.43. The fraction of sp³-hybridized carbons (Fsp3) is 0.579. The number of amides is 1. The third kappa shape index (κ3) is 3.72. The molecule has 1 saturated heterocycles. The summed E-state index contributed by atoms with van der Waals surface area (Å²) in [6.45, 7) is 10.4. The van der Waals surface area contributed by atoms with Crippen LogP contribution in [-0.2, 0) is 11.3 Å². The first-order valence-electron chi connectivity index (χ1n) is 9.03. The van der Waals surface area contributed by atoms with Gasteiger partial charge in [-0.1, -0.05) is 20.8 Å². The normalized spacial score (nSPS) is 16.2. The van der Waals surface area contributed by atoms with Crippen LogP contribution in [0.2, 0.25) is 0 Å². The molecule has 2 aromatic heterocycles. The van der Waals surface area contributed by atoms with E-state index in [2.05, 4.69) is 22.0 Å². The largest absolute Gasteiger partial charge is 0.342 e. The van der Waals surface area contributed by atoms with Crippen LogP contribution >= 0.6 is 0 Å². The molecule has 0 atom stereocenters. The monoisotopic (exact) mass is 341 g/mol. The molecule has 0 radical (unpaired) electrons.